The number of hydrogen-bond donors (Lipinski definition) is 1. The first-order valence-electron chi connectivity index (χ1n) is 6.28. The van der Waals surface area contributed by atoms with Gasteiger partial charge in [0.25, 0.3) is 0 Å². The van der Waals surface area contributed by atoms with E-state index in [0.29, 0.717) is 11.0 Å². The van der Waals surface area contributed by atoms with Gasteiger partial charge in [0.2, 0.25) is 0 Å². The third kappa shape index (κ3) is 4.23. The Morgan fingerprint density at radius 1 is 1.44 bits per heavy atom. The molecule has 100 valence electrons. The molecule has 0 saturated carbocycles. The Labute approximate surface area is 120 Å². The largest absolute Gasteiger partial charge is 0.389 e. The molecule has 0 heterocycles. The van der Waals surface area contributed by atoms with E-state index >= 15 is 0 Å². The van der Waals surface area contributed by atoms with E-state index in [1.54, 1.807) is 0 Å². The van der Waals surface area contributed by atoms with Crippen LogP contribution in [0.2, 0.25) is 5.02 Å². The lowest BCUT2D eigenvalue weighted by molar-refractivity contribution is 0.213. The minimum absolute atomic E-state index is 0.387. The molecule has 0 bridgehead atoms. The standard InChI is InChI=1S/C14H21ClN2S/c1-4-7-17(10(2)3)9-12-6-5-11(14(16)18)8-13(12)15/h5-6,8,10H,4,7,9H2,1-3H3,(H2,16,18). The number of nitrogens with zero attached hydrogens (tertiary/aromatic N) is 1. The van der Waals surface area contributed by atoms with Crippen LogP contribution in [0.4, 0.5) is 0 Å². The first kappa shape index (κ1) is 15.4. The smallest absolute Gasteiger partial charge is 0.104 e. The highest BCUT2D eigenvalue weighted by atomic mass is 35.5. The van der Waals surface area contributed by atoms with Crippen molar-refractivity contribution in [3.8, 4) is 0 Å². The summed E-state index contributed by atoms with van der Waals surface area (Å²) in [5.74, 6) is 0. The van der Waals surface area contributed by atoms with E-state index in [2.05, 4.69) is 25.7 Å². The van der Waals surface area contributed by atoms with Gasteiger partial charge in [0.15, 0.2) is 0 Å². The van der Waals surface area contributed by atoms with Gasteiger partial charge in [-0.25, -0.2) is 0 Å². The van der Waals surface area contributed by atoms with Crippen LogP contribution >= 0.6 is 23.8 Å². The van der Waals surface area contributed by atoms with E-state index in [1.165, 1.54) is 0 Å². The summed E-state index contributed by atoms with van der Waals surface area (Å²) in [6, 6.07) is 6.32. The second kappa shape index (κ2) is 7.07. The van der Waals surface area contributed by atoms with Crippen molar-refractivity contribution in [2.45, 2.75) is 39.8 Å². The molecule has 0 radical (unpaired) electrons. The summed E-state index contributed by atoms with van der Waals surface area (Å²) in [5.41, 5.74) is 7.54. The zero-order valence-corrected chi connectivity index (χ0v) is 12.8. The number of halogens is 1. The van der Waals surface area contributed by atoms with E-state index < -0.39 is 0 Å². The molecular formula is C14H21ClN2S. The second-order valence-electron chi connectivity index (χ2n) is 4.73. The Balaban J connectivity index is 2.86. The Kier molecular flexibility index (Phi) is 6.06. The SMILES string of the molecule is CCCN(Cc1ccc(C(N)=S)cc1Cl)C(C)C. The van der Waals surface area contributed by atoms with Gasteiger partial charge in [0, 0.05) is 23.2 Å². The molecule has 0 spiro atoms. The summed E-state index contributed by atoms with van der Waals surface area (Å²) in [6.45, 7) is 8.53. The minimum Gasteiger partial charge on any atom is -0.389 e. The van der Waals surface area contributed by atoms with Gasteiger partial charge in [-0.2, -0.15) is 0 Å². The average Bonchev–Trinajstić information content (AvgIpc) is 2.30. The number of thiocarbonyl (C=S) groups is 1. The molecule has 0 fully saturated rings. The van der Waals surface area contributed by atoms with E-state index in [1.807, 2.05) is 18.2 Å². The van der Waals surface area contributed by atoms with E-state index in [0.717, 1.165) is 35.7 Å². The van der Waals surface area contributed by atoms with Crippen LogP contribution in [0.1, 0.15) is 38.3 Å². The summed E-state index contributed by atoms with van der Waals surface area (Å²) >= 11 is 11.2. The van der Waals surface area contributed by atoms with Gasteiger partial charge in [0.1, 0.15) is 4.99 Å². The normalized spacial score (nSPS) is 11.2. The van der Waals surface area contributed by atoms with Gasteiger partial charge in [0.05, 0.1) is 0 Å². The number of hydrogen-bond acceptors (Lipinski definition) is 2. The maximum atomic E-state index is 6.28. The van der Waals surface area contributed by atoms with Crippen molar-refractivity contribution in [3.05, 3.63) is 34.3 Å². The van der Waals surface area contributed by atoms with Gasteiger partial charge < -0.3 is 5.73 Å². The quantitative estimate of drug-likeness (QED) is 0.810. The van der Waals surface area contributed by atoms with E-state index in [-0.39, 0.29) is 0 Å². The molecular weight excluding hydrogens is 264 g/mol. The van der Waals surface area contributed by atoms with Crippen molar-refractivity contribution in [2.75, 3.05) is 6.54 Å². The molecule has 2 nitrogen and oxygen atoms in total. The van der Waals surface area contributed by atoms with Gasteiger partial charge in [-0.1, -0.05) is 42.9 Å². The first-order valence-corrected chi connectivity index (χ1v) is 7.06. The zero-order chi connectivity index (χ0) is 13.7. The molecule has 0 atom stereocenters. The van der Waals surface area contributed by atoms with Crippen molar-refractivity contribution < 1.29 is 0 Å². The van der Waals surface area contributed by atoms with Crippen LogP contribution in [0, 0.1) is 0 Å². The maximum absolute atomic E-state index is 6.28. The fourth-order valence-corrected chi connectivity index (χ4v) is 2.22. The van der Waals surface area contributed by atoms with Crippen molar-refractivity contribution in [1.82, 2.24) is 4.90 Å². The fraction of sp³-hybridized carbons (Fsp3) is 0.500. The Hall–Kier alpha value is -0.640. The Morgan fingerprint density at radius 2 is 2.11 bits per heavy atom. The maximum Gasteiger partial charge on any atom is 0.104 e. The van der Waals surface area contributed by atoms with Crippen molar-refractivity contribution in [1.29, 1.82) is 0 Å². The first-order chi connectivity index (χ1) is 8.45. The molecule has 1 aromatic carbocycles. The lowest BCUT2D eigenvalue weighted by Crippen LogP contribution is -2.31. The molecule has 2 N–H and O–H groups in total. The monoisotopic (exact) mass is 284 g/mol. The molecule has 1 rings (SSSR count). The Morgan fingerprint density at radius 3 is 2.56 bits per heavy atom. The van der Waals surface area contributed by atoms with Gasteiger partial charge >= 0.3 is 0 Å². The number of rotatable bonds is 6. The molecule has 0 amide bonds. The highest BCUT2D eigenvalue weighted by Gasteiger charge is 2.11. The summed E-state index contributed by atoms with van der Waals surface area (Å²) in [7, 11) is 0. The van der Waals surface area contributed by atoms with Crippen molar-refractivity contribution >= 4 is 28.8 Å². The number of benzene rings is 1. The van der Waals surface area contributed by atoms with Gasteiger partial charge in [-0.05, 0) is 38.4 Å². The van der Waals surface area contributed by atoms with Crippen LogP contribution in [-0.2, 0) is 6.54 Å². The molecule has 4 heteroatoms. The van der Waals surface area contributed by atoms with Crippen LogP contribution < -0.4 is 5.73 Å². The third-order valence-electron chi connectivity index (χ3n) is 2.95. The average molecular weight is 285 g/mol. The lowest BCUT2D eigenvalue weighted by atomic mass is 10.1. The van der Waals surface area contributed by atoms with E-state index in [9.17, 15) is 0 Å². The second-order valence-corrected chi connectivity index (χ2v) is 5.58. The highest BCUT2D eigenvalue weighted by Crippen LogP contribution is 2.20. The third-order valence-corrected chi connectivity index (χ3v) is 3.54. The predicted molar refractivity (Wildman–Crippen MR) is 83.2 cm³/mol. The molecule has 0 aromatic heterocycles. The lowest BCUT2D eigenvalue weighted by Gasteiger charge is -2.26. The van der Waals surface area contributed by atoms with Crippen LogP contribution in [0.25, 0.3) is 0 Å². The summed E-state index contributed by atoms with van der Waals surface area (Å²) in [5, 5.41) is 0.738. The minimum atomic E-state index is 0.387. The topological polar surface area (TPSA) is 29.3 Å². The van der Waals surface area contributed by atoms with Crippen LogP contribution in [-0.4, -0.2) is 22.5 Å². The summed E-state index contributed by atoms with van der Waals surface area (Å²) < 4.78 is 0. The van der Waals surface area contributed by atoms with Crippen LogP contribution in [0.5, 0.6) is 0 Å². The zero-order valence-electron chi connectivity index (χ0n) is 11.2. The molecule has 18 heavy (non-hydrogen) atoms. The summed E-state index contributed by atoms with van der Waals surface area (Å²) in [4.78, 5) is 2.79. The molecule has 0 aliphatic rings. The van der Waals surface area contributed by atoms with E-state index in [4.69, 9.17) is 29.6 Å². The van der Waals surface area contributed by atoms with Crippen molar-refractivity contribution in [2.24, 2.45) is 5.73 Å². The fourth-order valence-electron chi connectivity index (χ4n) is 1.85. The molecule has 0 aliphatic heterocycles. The predicted octanol–water partition coefficient (Wildman–Crippen LogP) is 3.59. The summed E-state index contributed by atoms with van der Waals surface area (Å²) in [6.07, 6.45) is 1.14. The number of nitrogens with two attached hydrogens (primary N) is 1. The molecule has 0 aliphatic carbocycles. The van der Waals surface area contributed by atoms with Gasteiger partial charge in [-0.15, -0.1) is 0 Å². The van der Waals surface area contributed by atoms with Crippen LogP contribution in [0.15, 0.2) is 18.2 Å². The van der Waals surface area contributed by atoms with Crippen molar-refractivity contribution in [3.63, 3.8) is 0 Å². The van der Waals surface area contributed by atoms with Gasteiger partial charge in [-0.3, -0.25) is 4.90 Å². The Bertz CT molecular complexity index is 418. The van der Waals surface area contributed by atoms with Crippen LogP contribution in [0.3, 0.4) is 0 Å². The molecule has 1 aromatic rings. The molecule has 0 unspecified atom stereocenters. The molecule has 0 saturated heterocycles. The highest BCUT2D eigenvalue weighted by molar-refractivity contribution is 7.80.